The van der Waals surface area contributed by atoms with Gasteiger partial charge in [0.15, 0.2) is 105 Å². The summed E-state index contributed by atoms with van der Waals surface area (Å²) in [5, 5.41) is 229. The number of phenols is 14. The van der Waals surface area contributed by atoms with Gasteiger partial charge in [0, 0.05) is 0 Å². The first kappa shape index (κ1) is 91.4. The third kappa shape index (κ3) is 17.6. The Labute approximate surface area is 691 Å². The van der Waals surface area contributed by atoms with Crippen molar-refractivity contribution in [2.24, 2.45) is 45.3 Å². The van der Waals surface area contributed by atoms with Gasteiger partial charge in [0.05, 0.1) is 58.8 Å². The van der Waals surface area contributed by atoms with Crippen LogP contribution in [0.25, 0.3) is 0 Å². The predicted molar refractivity (Wildman–Crippen MR) is 412 cm³/mol. The molecule has 121 heavy (non-hydrogen) atoms. The summed E-state index contributed by atoms with van der Waals surface area (Å²) in [4.78, 5) is 68.7. The molecule has 5 aromatic rings. The maximum absolute atomic E-state index is 13.9. The van der Waals surface area contributed by atoms with Gasteiger partial charge < -0.3 is 160 Å². The molecule has 0 aromatic heterocycles. The van der Waals surface area contributed by atoms with E-state index in [1.165, 1.54) is 25.0 Å². The van der Waals surface area contributed by atoms with Crippen LogP contribution in [0.3, 0.4) is 0 Å². The van der Waals surface area contributed by atoms with Gasteiger partial charge in [-0.05, 0) is 191 Å². The first-order valence-corrected chi connectivity index (χ1v) is 39.1. The summed E-state index contributed by atoms with van der Waals surface area (Å²) in [6.07, 6.45) is -19.5. The number of aliphatic hydroxyl groups excluding tert-OH is 8. The Morgan fingerprint density at radius 3 is 1.43 bits per heavy atom. The molecule has 0 amide bonds. The molecule has 0 radical (unpaired) electrons. The minimum Gasteiger partial charge on any atom is -0.504 e. The largest absolute Gasteiger partial charge is 0.504 e. The molecule has 0 spiro atoms. The lowest BCUT2D eigenvalue weighted by atomic mass is 9.34. The lowest BCUT2D eigenvalue weighted by Crippen LogP contribution is -2.71. The van der Waals surface area contributed by atoms with Crippen LogP contribution in [0.5, 0.6) is 80.5 Å². The van der Waals surface area contributed by atoms with E-state index in [1.54, 1.807) is 0 Å². The number of benzene rings is 5. The van der Waals surface area contributed by atoms with Crippen LogP contribution in [0.1, 0.15) is 164 Å². The molecule has 7 fully saturated rings. The zero-order valence-electron chi connectivity index (χ0n) is 67.3. The molecule has 4 aliphatic carbocycles. The second-order valence-corrected chi connectivity index (χ2v) is 33.8. The maximum Gasteiger partial charge on any atom is 0.340 e. The van der Waals surface area contributed by atoms with Crippen molar-refractivity contribution in [3.05, 3.63) is 118 Å². The highest BCUT2D eigenvalue weighted by Gasteiger charge is 2.73. The number of carbonyl (C=O) groups is 5. The molecule has 3 saturated heterocycles. The van der Waals surface area contributed by atoms with Crippen LogP contribution in [0.4, 0.5) is 0 Å². The number of hydrogen-bond acceptors (Lipinski definition) is 37. The molecule has 7 aliphatic rings. The van der Waals surface area contributed by atoms with Gasteiger partial charge in [-0.3, -0.25) is 0 Å². The number of aryl methyl sites for hydroxylation is 1. The monoisotopic (exact) mass is 1700 g/mol. The lowest BCUT2D eigenvalue weighted by Gasteiger charge is -2.72. The molecule has 37 heteroatoms. The molecule has 3 aliphatic heterocycles. The molecular weight excluding hydrogens is 1600 g/mol. The lowest BCUT2D eigenvalue weighted by molar-refractivity contribution is -0.381. The van der Waals surface area contributed by atoms with Gasteiger partial charge in [-0.15, -0.1) is 0 Å². The third-order valence-electron chi connectivity index (χ3n) is 25.7. The van der Waals surface area contributed by atoms with Crippen LogP contribution in [0.15, 0.2) is 84.5 Å². The number of ether oxygens (including phenoxy) is 10. The van der Waals surface area contributed by atoms with Crippen molar-refractivity contribution < 1.29 is 184 Å². The summed E-state index contributed by atoms with van der Waals surface area (Å²) < 4.78 is 58.7. The molecule has 0 bridgehead atoms. The number of esters is 5. The van der Waals surface area contributed by atoms with Crippen molar-refractivity contribution in [2.75, 3.05) is 13.2 Å². The van der Waals surface area contributed by atoms with Gasteiger partial charge in [-0.25, -0.2) is 24.0 Å². The number of fused-ring (bicyclic) bond motifs is 5. The highest BCUT2D eigenvalue weighted by Crippen LogP contribution is 2.76. The molecule has 37 nitrogen and oxygen atoms in total. The smallest absolute Gasteiger partial charge is 0.340 e. The summed E-state index contributed by atoms with van der Waals surface area (Å²) in [7, 11) is 0. The SMILES string of the molecule is C=C(CCC=C(C)C)C1CC[C@]2(C)C1[C@H](O)CC1[C@@]3(C)CC[C@H](O)C(C)(C)C3[C@@H](OC3OC(CO)C(O)C(O)C3OC3OC(C)C(O)C(O)C3O)C[C@]12C.Cc1cc(C(=O)O[C@@H]2OC(COC(=O)c3cc(O)c(O)c(O)c3)[C@@H](OC(=O)c3cc(O)c(O)c(O)c3)[C@H](OC(=O)c3cc(O)c(O)c(O)c3)C2OC(=O)c2cc(O)c(O)c(O)c2)cc(O)c1O. The minimum atomic E-state index is -2.48. The topological polar surface area (TPSA) is 623 Å². The van der Waals surface area contributed by atoms with Crippen molar-refractivity contribution in [3.8, 4) is 80.5 Å². The van der Waals surface area contributed by atoms with Crippen molar-refractivity contribution in [3.63, 3.8) is 0 Å². The molecule has 12 rings (SSSR count). The van der Waals surface area contributed by atoms with Gasteiger partial charge in [0.2, 0.25) is 12.4 Å². The summed E-state index contributed by atoms with van der Waals surface area (Å²) in [6, 6.07) is 6.39. The highest BCUT2D eigenvalue weighted by molar-refractivity contribution is 5.94. The Bertz CT molecular complexity index is 4650. The molecule has 662 valence electrons. The normalized spacial score (nSPS) is 33.4. The number of carbonyl (C=O) groups excluding carboxylic acids is 5. The van der Waals surface area contributed by atoms with Crippen molar-refractivity contribution >= 4 is 29.8 Å². The number of rotatable bonds is 20. The van der Waals surface area contributed by atoms with Gasteiger partial charge in [0.1, 0.15) is 55.4 Å². The molecule has 4 saturated carbocycles. The number of hydrogen-bond donors (Lipinski definition) is 22. The average Bonchev–Trinajstić information content (AvgIpc) is 1.66. The quantitative estimate of drug-likeness (QED) is 0.0156. The molecular formula is C84H104O37. The van der Waals surface area contributed by atoms with E-state index in [0.717, 1.165) is 38.2 Å². The molecule has 5 aromatic carbocycles. The minimum absolute atomic E-state index is 0.00685. The zero-order valence-corrected chi connectivity index (χ0v) is 67.3. The van der Waals surface area contributed by atoms with Crippen molar-refractivity contribution in [2.45, 2.75) is 224 Å². The van der Waals surface area contributed by atoms with E-state index in [-0.39, 0.29) is 45.5 Å². The van der Waals surface area contributed by atoms with Crippen LogP contribution in [0, 0.1) is 52.3 Å². The Morgan fingerprint density at radius 2 is 0.942 bits per heavy atom. The van der Waals surface area contributed by atoms with E-state index in [0.29, 0.717) is 73.9 Å². The Balaban J connectivity index is 0.000000242. The number of allylic oxidation sites excluding steroid dienone is 3. The van der Waals surface area contributed by atoms with Crippen LogP contribution < -0.4 is 0 Å². The van der Waals surface area contributed by atoms with Crippen LogP contribution in [0.2, 0.25) is 0 Å². The Kier molecular flexibility index (Phi) is 26.6. The Hall–Kier alpha value is -10.4. The van der Waals surface area contributed by atoms with Crippen LogP contribution >= 0.6 is 0 Å². The molecule has 25 atom stereocenters. The number of aliphatic hydroxyl groups is 8. The first-order chi connectivity index (χ1) is 56.6. The Morgan fingerprint density at radius 1 is 0.488 bits per heavy atom. The third-order valence-corrected chi connectivity index (χ3v) is 25.7. The van der Waals surface area contributed by atoms with E-state index in [2.05, 4.69) is 61.1 Å². The second-order valence-electron chi connectivity index (χ2n) is 33.8. The van der Waals surface area contributed by atoms with Gasteiger partial charge in [-0.2, -0.15) is 0 Å². The fourth-order valence-electron chi connectivity index (χ4n) is 19.2. The molecule has 3 heterocycles. The highest BCUT2D eigenvalue weighted by atomic mass is 16.8. The van der Waals surface area contributed by atoms with Gasteiger partial charge in [-0.1, -0.05) is 58.4 Å². The standard InChI is InChI=1S/C42H34O25.C42H70O12/c1-13-2-14(3-19(43)29(13)52)41(61)67-42-36(66-40(60)18-10-26(50)33(56)27(51)11-18)35(65-39(59)17-8-24(48)32(55)25(49)9-17)34(64-38(58)16-6-22(46)31(54)23(47)7-16)28(63-42)12-62-37(57)15-4-20(44)30(53)21(45)5-15;1-20(2)11-10-12-21(3)23-13-16-41(8)29(23)24(44)17-27-40(7)15-14-28(45)39(5,6)36(40)25(18-42(27,41)9)52-38-35(33(49)31(47)26(19-43)53-38)54-37-34(50)32(48)30(46)22(4)51-37/h2-11,28,34-36,42-56H,12H2,1H3;11,22-38,43-50H,3,10,12-19H2,1-2,4-9H3/t28?,34-,35+,36?,42+;22?,23?,24-,25+,26?,27?,28+,29?,30?,31?,32?,33?,34?,35?,36?,37?,38?,40-,41-,42-/m11/s1. The summed E-state index contributed by atoms with van der Waals surface area (Å²) in [5.41, 5.74) is -2.77. The van der Waals surface area contributed by atoms with Crippen molar-refractivity contribution in [1.29, 1.82) is 0 Å². The van der Waals surface area contributed by atoms with Crippen LogP contribution in [-0.4, -0.2) is 266 Å². The van der Waals surface area contributed by atoms with Gasteiger partial charge in [0.25, 0.3) is 0 Å². The molecule has 22 N–H and O–H groups in total. The van der Waals surface area contributed by atoms with E-state index >= 15 is 0 Å². The average molecular weight is 1710 g/mol. The fraction of sp³-hybridized carbons (Fsp3) is 0.536. The summed E-state index contributed by atoms with van der Waals surface area (Å²) >= 11 is 0. The van der Waals surface area contributed by atoms with E-state index in [1.807, 2.05) is 0 Å². The number of aromatic hydroxyl groups is 14. The predicted octanol–water partition coefficient (Wildman–Crippen LogP) is 5.24. The second kappa shape index (κ2) is 35.2. The number of phenolic OH excluding ortho intramolecular Hbond substituents is 14. The van der Waals surface area contributed by atoms with E-state index < -0.39 is 267 Å². The fourth-order valence-corrected chi connectivity index (χ4v) is 19.2. The summed E-state index contributed by atoms with van der Waals surface area (Å²) in [5.74, 6) is -22.1. The first-order valence-electron chi connectivity index (χ1n) is 39.1. The molecule has 16 unspecified atom stereocenters. The maximum atomic E-state index is 13.9. The van der Waals surface area contributed by atoms with E-state index in [9.17, 15) is 136 Å². The van der Waals surface area contributed by atoms with E-state index in [4.69, 9.17) is 47.4 Å². The van der Waals surface area contributed by atoms with Crippen molar-refractivity contribution in [1.82, 2.24) is 0 Å². The summed E-state index contributed by atoms with van der Waals surface area (Å²) in [6.45, 7) is 20.8. The van der Waals surface area contributed by atoms with Gasteiger partial charge >= 0.3 is 29.8 Å². The van der Waals surface area contributed by atoms with Crippen LogP contribution in [-0.2, 0) is 47.4 Å². The zero-order chi connectivity index (χ0) is 89.2.